The van der Waals surface area contributed by atoms with Gasteiger partial charge in [0.25, 0.3) is 0 Å². The molecule has 0 aromatic carbocycles. The maximum Gasteiger partial charge on any atom is 0.339 e. The Bertz CT molecular complexity index is 633. The Morgan fingerprint density at radius 1 is 1.48 bits per heavy atom. The van der Waals surface area contributed by atoms with E-state index in [1.807, 2.05) is 16.8 Å². The average Bonchev–Trinajstić information content (AvgIpc) is 3.05. The number of hydrogen-bond acceptors (Lipinski definition) is 4. The Morgan fingerprint density at radius 3 is 2.81 bits per heavy atom. The summed E-state index contributed by atoms with van der Waals surface area (Å²) in [6, 6.07) is 3.15. The van der Waals surface area contributed by atoms with Crippen molar-refractivity contribution in [2.75, 3.05) is 7.05 Å². The number of nitrogens with one attached hydrogen (secondary N) is 1. The molecule has 6 nitrogen and oxygen atoms in total. The maximum atomic E-state index is 11.9. The van der Waals surface area contributed by atoms with E-state index >= 15 is 0 Å². The number of rotatable bonds is 5. The minimum absolute atomic E-state index is 0.117. The number of aromatic carboxylic acids is 1. The van der Waals surface area contributed by atoms with Crippen molar-refractivity contribution >= 4 is 23.3 Å². The first-order valence-electron chi connectivity index (χ1n) is 6.30. The van der Waals surface area contributed by atoms with E-state index in [2.05, 4.69) is 5.32 Å². The predicted molar refractivity (Wildman–Crippen MR) is 78.4 cm³/mol. The van der Waals surface area contributed by atoms with Gasteiger partial charge in [-0.25, -0.2) is 9.59 Å². The average molecular weight is 308 g/mol. The molecule has 112 valence electrons. The third kappa shape index (κ3) is 3.85. The van der Waals surface area contributed by atoms with Gasteiger partial charge in [-0.15, -0.1) is 0 Å². The molecule has 0 radical (unpaired) electrons. The van der Waals surface area contributed by atoms with Gasteiger partial charge < -0.3 is 19.7 Å². The topological polar surface area (TPSA) is 82.8 Å². The Hall–Kier alpha value is -2.28. The van der Waals surface area contributed by atoms with Crippen molar-refractivity contribution in [1.82, 2.24) is 10.2 Å². The molecule has 0 saturated heterocycles. The van der Waals surface area contributed by atoms with Crippen LogP contribution in [0.4, 0.5) is 4.79 Å². The molecular formula is C14H16N2O4S. The van der Waals surface area contributed by atoms with E-state index in [0.717, 1.165) is 5.56 Å². The van der Waals surface area contributed by atoms with Gasteiger partial charge in [-0.2, -0.15) is 11.3 Å². The number of urea groups is 1. The van der Waals surface area contributed by atoms with Crippen LogP contribution >= 0.6 is 11.3 Å². The molecule has 21 heavy (non-hydrogen) atoms. The summed E-state index contributed by atoms with van der Waals surface area (Å²) in [5.74, 6) is -0.288. The zero-order chi connectivity index (χ0) is 15.4. The molecule has 0 spiro atoms. The second-order valence-corrected chi connectivity index (χ2v) is 5.41. The van der Waals surface area contributed by atoms with Gasteiger partial charge in [0.15, 0.2) is 0 Å². The van der Waals surface area contributed by atoms with Gasteiger partial charge in [0, 0.05) is 13.6 Å². The highest BCUT2D eigenvalue weighted by molar-refractivity contribution is 7.07. The van der Waals surface area contributed by atoms with Gasteiger partial charge in [-0.1, -0.05) is 0 Å². The molecule has 0 atom stereocenters. The number of furan rings is 1. The quantitative estimate of drug-likeness (QED) is 0.889. The summed E-state index contributed by atoms with van der Waals surface area (Å²) in [6.07, 6.45) is 0. The van der Waals surface area contributed by atoms with E-state index in [1.165, 1.54) is 6.07 Å². The molecule has 0 fully saturated rings. The molecule has 0 saturated carbocycles. The molecule has 2 aromatic rings. The third-order valence-electron chi connectivity index (χ3n) is 2.96. The van der Waals surface area contributed by atoms with Crippen molar-refractivity contribution in [3.05, 3.63) is 45.5 Å². The molecule has 0 aliphatic carbocycles. The van der Waals surface area contributed by atoms with Crippen molar-refractivity contribution in [2.45, 2.75) is 20.0 Å². The summed E-state index contributed by atoms with van der Waals surface area (Å²) < 4.78 is 5.30. The molecule has 0 aliphatic heterocycles. The fraction of sp³-hybridized carbons (Fsp3) is 0.286. The second kappa shape index (κ2) is 6.45. The lowest BCUT2D eigenvalue weighted by Gasteiger charge is -2.16. The highest BCUT2D eigenvalue weighted by atomic mass is 32.1. The van der Waals surface area contributed by atoms with Gasteiger partial charge >= 0.3 is 12.0 Å². The lowest BCUT2D eigenvalue weighted by Crippen LogP contribution is -2.36. The van der Waals surface area contributed by atoms with Gasteiger partial charge in [-0.3, -0.25) is 0 Å². The van der Waals surface area contributed by atoms with Crippen LogP contribution in [0.25, 0.3) is 0 Å². The minimum Gasteiger partial charge on any atom is -0.478 e. The fourth-order valence-electron chi connectivity index (χ4n) is 1.87. The Morgan fingerprint density at radius 2 is 2.24 bits per heavy atom. The molecular weight excluding hydrogens is 292 g/mol. The monoisotopic (exact) mass is 308 g/mol. The van der Waals surface area contributed by atoms with Crippen molar-refractivity contribution in [3.8, 4) is 0 Å². The molecule has 2 aromatic heterocycles. The van der Waals surface area contributed by atoms with E-state index in [-0.39, 0.29) is 18.1 Å². The van der Waals surface area contributed by atoms with Crippen molar-refractivity contribution in [1.29, 1.82) is 0 Å². The number of carbonyl (C=O) groups excluding carboxylic acids is 1. The van der Waals surface area contributed by atoms with Gasteiger partial charge in [0.2, 0.25) is 0 Å². The number of amides is 2. The molecule has 2 heterocycles. The van der Waals surface area contributed by atoms with Crippen LogP contribution in [0, 0.1) is 6.92 Å². The van der Waals surface area contributed by atoms with E-state index < -0.39 is 5.97 Å². The molecule has 2 rings (SSSR count). The van der Waals surface area contributed by atoms with Crippen LogP contribution < -0.4 is 5.32 Å². The van der Waals surface area contributed by atoms with E-state index in [9.17, 15) is 9.59 Å². The standard InChI is InChI=1S/C14H16N2O4S/c1-9-12(13(17)18)5-11(20-9)6-15-14(19)16(2)7-10-3-4-21-8-10/h3-5,8H,6-7H2,1-2H3,(H,15,19)(H,17,18). The molecule has 0 unspecified atom stereocenters. The van der Waals surface area contributed by atoms with Crippen LogP contribution in [-0.2, 0) is 13.1 Å². The van der Waals surface area contributed by atoms with Crippen LogP contribution in [0.15, 0.2) is 27.3 Å². The SMILES string of the molecule is Cc1oc(CNC(=O)N(C)Cc2ccsc2)cc1C(=O)O. The molecule has 0 aliphatic rings. The number of hydrogen-bond donors (Lipinski definition) is 2. The van der Waals surface area contributed by atoms with Crippen LogP contribution in [-0.4, -0.2) is 29.1 Å². The Balaban J connectivity index is 1.88. The third-order valence-corrected chi connectivity index (χ3v) is 3.69. The summed E-state index contributed by atoms with van der Waals surface area (Å²) in [5.41, 5.74) is 1.19. The van der Waals surface area contributed by atoms with E-state index in [4.69, 9.17) is 9.52 Å². The lowest BCUT2D eigenvalue weighted by molar-refractivity contribution is 0.0695. The number of carboxylic acid groups (broad SMARTS) is 1. The Kier molecular flexibility index (Phi) is 4.64. The molecule has 7 heteroatoms. The van der Waals surface area contributed by atoms with Crippen LogP contribution in [0.1, 0.15) is 27.4 Å². The second-order valence-electron chi connectivity index (χ2n) is 4.63. The number of carboxylic acids is 1. The molecule has 2 N–H and O–H groups in total. The molecule has 0 bridgehead atoms. The minimum atomic E-state index is -1.04. The highest BCUT2D eigenvalue weighted by Gasteiger charge is 2.15. The van der Waals surface area contributed by atoms with E-state index in [0.29, 0.717) is 18.1 Å². The lowest BCUT2D eigenvalue weighted by atomic mass is 10.2. The summed E-state index contributed by atoms with van der Waals surface area (Å²) in [7, 11) is 1.70. The van der Waals surface area contributed by atoms with Crippen molar-refractivity contribution in [3.63, 3.8) is 0 Å². The maximum absolute atomic E-state index is 11.9. The zero-order valence-electron chi connectivity index (χ0n) is 11.8. The van der Waals surface area contributed by atoms with Gasteiger partial charge in [0.05, 0.1) is 6.54 Å². The smallest absolute Gasteiger partial charge is 0.339 e. The summed E-state index contributed by atoms with van der Waals surface area (Å²) in [4.78, 5) is 24.4. The van der Waals surface area contributed by atoms with Crippen LogP contribution in [0.2, 0.25) is 0 Å². The number of thiophene rings is 1. The Labute approximate surface area is 126 Å². The first-order valence-corrected chi connectivity index (χ1v) is 7.24. The summed E-state index contributed by atoms with van der Waals surface area (Å²) >= 11 is 1.58. The normalized spacial score (nSPS) is 10.4. The predicted octanol–water partition coefficient (Wildman–Crippen LogP) is 2.69. The largest absolute Gasteiger partial charge is 0.478 e. The van der Waals surface area contributed by atoms with E-state index in [1.54, 1.807) is 30.2 Å². The fourth-order valence-corrected chi connectivity index (χ4v) is 2.53. The van der Waals surface area contributed by atoms with Crippen molar-refractivity contribution < 1.29 is 19.1 Å². The first-order chi connectivity index (χ1) is 9.97. The number of carbonyl (C=O) groups is 2. The first kappa shape index (κ1) is 15.1. The number of aryl methyl sites for hydroxylation is 1. The zero-order valence-corrected chi connectivity index (χ0v) is 12.6. The van der Waals surface area contributed by atoms with Crippen LogP contribution in [0.3, 0.4) is 0 Å². The molecule has 2 amide bonds. The number of nitrogens with zero attached hydrogens (tertiary/aromatic N) is 1. The summed E-state index contributed by atoms with van der Waals surface area (Å²) in [6.45, 7) is 2.26. The van der Waals surface area contributed by atoms with Gasteiger partial charge in [-0.05, 0) is 35.4 Å². The summed E-state index contributed by atoms with van der Waals surface area (Å²) in [5, 5.41) is 15.6. The van der Waals surface area contributed by atoms with Gasteiger partial charge in [0.1, 0.15) is 17.1 Å². The highest BCUT2D eigenvalue weighted by Crippen LogP contribution is 2.14. The van der Waals surface area contributed by atoms with Crippen LogP contribution in [0.5, 0.6) is 0 Å². The van der Waals surface area contributed by atoms with Crippen molar-refractivity contribution in [2.24, 2.45) is 0 Å².